The summed E-state index contributed by atoms with van der Waals surface area (Å²) in [6.07, 6.45) is 0.256. The number of carboxylic acid groups (broad SMARTS) is 1. The second kappa shape index (κ2) is 6.55. The van der Waals surface area contributed by atoms with Crippen molar-refractivity contribution in [3.05, 3.63) is 33.9 Å². The predicted molar refractivity (Wildman–Crippen MR) is 61.4 cm³/mol. The highest BCUT2D eigenvalue weighted by atomic mass is 16.6. The summed E-state index contributed by atoms with van der Waals surface area (Å²) in [6.45, 7) is -0.174. The van der Waals surface area contributed by atoms with E-state index >= 15 is 0 Å². The number of nitro groups is 1. The van der Waals surface area contributed by atoms with Crippen LogP contribution in [0.1, 0.15) is 18.4 Å². The summed E-state index contributed by atoms with van der Waals surface area (Å²) < 4.78 is 5.24. The van der Waals surface area contributed by atoms with Gasteiger partial charge in [-0.25, -0.2) is 0 Å². The van der Waals surface area contributed by atoms with E-state index in [0.29, 0.717) is 12.0 Å². The molecule has 2 N–H and O–H groups in total. The van der Waals surface area contributed by atoms with Crippen LogP contribution in [-0.4, -0.2) is 27.7 Å². The van der Waals surface area contributed by atoms with Crippen LogP contribution in [-0.2, 0) is 11.4 Å². The van der Waals surface area contributed by atoms with Crippen molar-refractivity contribution in [2.45, 2.75) is 19.4 Å². The van der Waals surface area contributed by atoms with E-state index in [4.69, 9.17) is 14.9 Å². The van der Waals surface area contributed by atoms with Gasteiger partial charge in [-0.2, -0.15) is 0 Å². The highest BCUT2D eigenvalue weighted by Gasteiger charge is 2.11. The van der Waals surface area contributed by atoms with E-state index in [1.54, 1.807) is 0 Å². The van der Waals surface area contributed by atoms with Crippen LogP contribution in [0.4, 0.5) is 5.69 Å². The lowest BCUT2D eigenvalue weighted by Crippen LogP contribution is -2.04. The molecular formula is C11H13NO6. The third kappa shape index (κ3) is 4.02. The number of carbonyl (C=O) groups is 1. The zero-order valence-corrected chi connectivity index (χ0v) is 9.54. The van der Waals surface area contributed by atoms with Gasteiger partial charge in [0.15, 0.2) is 0 Å². The van der Waals surface area contributed by atoms with E-state index in [2.05, 4.69) is 0 Å². The van der Waals surface area contributed by atoms with Gasteiger partial charge in [-0.3, -0.25) is 14.9 Å². The molecule has 7 nitrogen and oxygen atoms in total. The molecule has 0 atom stereocenters. The van der Waals surface area contributed by atoms with Crippen LogP contribution in [0.3, 0.4) is 0 Å². The van der Waals surface area contributed by atoms with E-state index in [9.17, 15) is 14.9 Å². The second-order valence-corrected chi connectivity index (χ2v) is 3.55. The Hall–Kier alpha value is -2.15. The van der Waals surface area contributed by atoms with Crippen LogP contribution in [0.2, 0.25) is 0 Å². The number of nitrogens with zero attached hydrogens (tertiary/aromatic N) is 1. The van der Waals surface area contributed by atoms with Gasteiger partial charge in [-0.05, 0) is 12.5 Å². The highest BCUT2D eigenvalue weighted by molar-refractivity contribution is 5.66. The number of aliphatic carboxylic acids is 1. The second-order valence-electron chi connectivity index (χ2n) is 3.55. The molecule has 0 aromatic heterocycles. The van der Waals surface area contributed by atoms with Gasteiger partial charge in [0, 0.05) is 18.1 Å². The number of rotatable bonds is 7. The van der Waals surface area contributed by atoms with Crippen molar-refractivity contribution in [1.82, 2.24) is 0 Å². The minimum absolute atomic E-state index is 0.0383. The molecule has 0 aliphatic carbocycles. The third-order valence-corrected chi connectivity index (χ3v) is 2.22. The van der Waals surface area contributed by atoms with Gasteiger partial charge in [-0.1, -0.05) is 0 Å². The van der Waals surface area contributed by atoms with Crippen molar-refractivity contribution in [1.29, 1.82) is 0 Å². The fourth-order valence-electron chi connectivity index (χ4n) is 1.33. The van der Waals surface area contributed by atoms with Gasteiger partial charge < -0.3 is 14.9 Å². The summed E-state index contributed by atoms with van der Waals surface area (Å²) in [5.41, 5.74) is 0.288. The van der Waals surface area contributed by atoms with E-state index in [1.807, 2.05) is 0 Å². The molecule has 18 heavy (non-hydrogen) atoms. The number of nitro benzene ring substituents is 1. The maximum Gasteiger partial charge on any atom is 0.303 e. The molecule has 0 unspecified atom stereocenters. The lowest BCUT2D eigenvalue weighted by Gasteiger charge is -2.09. The molecule has 0 fully saturated rings. The minimum atomic E-state index is -0.931. The molecule has 0 amide bonds. The standard InChI is InChI=1S/C11H13NO6/c13-7-8-3-4-9(12(16)17)6-10(8)18-5-1-2-11(14)15/h3-4,6,13H,1-2,5,7H2,(H,14,15). The maximum absolute atomic E-state index is 10.6. The molecule has 1 aromatic carbocycles. The number of benzene rings is 1. The number of aliphatic hydroxyl groups is 1. The van der Waals surface area contributed by atoms with Crippen LogP contribution in [0.15, 0.2) is 18.2 Å². The normalized spacial score (nSPS) is 10.1. The molecular weight excluding hydrogens is 242 g/mol. The van der Waals surface area contributed by atoms with Crippen molar-refractivity contribution in [2.24, 2.45) is 0 Å². The Labute approximate surface area is 103 Å². The molecule has 0 saturated carbocycles. The van der Waals surface area contributed by atoms with Crippen molar-refractivity contribution < 1.29 is 24.7 Å². The molecule has 7 heteroatoms. The zero-order chi connectivity index (χ0) is 13.5. The number of hydrogen-bond donors (Lipinski definition) is 2. The first kappa shape index (κ1) is 13.9. The Morgan fingerprint density at radius 2 is 2.17 bits per heavy atom. The highest BCUT2D eigenvalue weighted by Crippen LogP contribution is 2.25. The number of carboxylic acids is 1. The Balaban J connectivity index is 2.69. The molecule has 0 aliphatic heterocycles. The average Bonchev–Trinajstić information content (AvgIpc) is 2.34. The number of hydrogen-bond acceptors (Lipinski definition) is 5. The van der Waals surface area contributed by atoms with Crippen molar-refractivity contribution >= 4 is 11.7 Å². The van der Waals surface area contributed by atoms with Crippen LogP contribution in [0.25, 0.3) is 0 Å². The first-order valence-electron chi connectivity index (χ1n) is 5.27. The molecule has 1 rings (SSSR count). The lowest BCUT2D eigenvalue weighted by molar-refractivity contribution is -0.385. The first-order valence-corrected chi connectivity index (χ1v) is 5.27. The fraction of sp³-hybridized carbons (Fsp3) is 0.364. The van der Waals surface area contributed by atoms with Gasteiger partial charge in [0.2, 0.25) is 0 Å². The first-order chi connectivity index (χ1) is 8.54. The van der Waals surface area contributed by atoms with Gasteiger partial charge in [0.25, 0.3) is 5.69 Å². The molecule has 98 valence electrons. The van der Waals surface area contributed by atoms with Crippen molar-refractivity contribution in [3.63, 3.8) is 0 Å². The van der Waals surface area contributed by atoms with Crippen LogP contribution in [0.5, 0.6) is 5.75 Å². The van der Waals surface area contributed by atoms with Gasteiger partial charge in [0.05, 0.1) is 24.2 Å². The molecule has 0 spiro atoms. The van der Waals surface area contributed by atoms with Crippen LogP contribution < -0.4 is 4.74 Å². The molecule has 1 aromatic rings. The van der Waals surface area contributed by atoms with E-state index < -0.39 is 10.9 Å². The summed E-state index contributed by atoms with van der Waals surface area (Å²) >= 11 is 0. The maximum atomic E-state index is 10.6. The SMILES string of the molecule is O=C(O)CCCOc1cc([N+](=O)[O-])ccc1CO. The zero-order valence-electron chi connectivity index (χ0n) is 9.54. The van der Waals surface area contributed by atoms with E-state index in [0.717, 1.165) is 0 Å². The number of ether oxygens (including phenoxy) is 1. The summed E-state index contributed by atoms with van der Waals surface area (Å²) in [7, 11) is 0. The average molecular weight is 255 g/mol. The summed E-state index contributed by atoms with van der Waals surface area (Å²) in [5, 5.41) is 28.1. The summed E-state index contributed by atoms with van der Waals surface area (Å²) in [6, 6.07) is 3.90. The minimum Gasteiger partial charge on any atom is -0.493 e. The lowest BCUT2D eigenvalue weighted by atomic mass is 10.2. The van der Waals surface area contributed by atoms with Gasteiger partial charge in [-0.15, -0.1) is 0 Å². The molecule has 0 aliphatic rings. The molecule has 0 saturated heterocycles. The number of aliphatic hydroxyl groups excluding tert-OH is 1. The smallest absolute Gasteiger partial charge is 0.303 e. The van der Waals surface area contributed by atoms with Crippen molar-refractivity contribution in [2.75, 3.05) is 6.61 Å². The van der Waals surface area contributed by atoms with Gasteiger partial charge in [0.1, 0.15) is 5.75 Å². The Morgan fingerprint density at radius 1 is 1.44 bits per heavy atom. The summed E-state index contributed by atoms with van der Waals surface area (Å²) in [5.74, 6) is -0.725. The predicted octanol–water partition coefficient (Wildman–Crippen LogP) is 1.33. The third-order valence-electron chi connectivity index (χ3n) is 2.22. The number of non-ortho nitro benzene ring substituents is 1. The van der Waals surface area contributed by atoms with E-state index in [1.165, 1.54) is 18.2 Å². The monoisotopic (exact) mass is 255 g/mol. The molecule has 0 heterocycles. The van der Waals surface area contributed by atoms with Crippen LogP contribution in [0, 0.1) is 10.1 Å². The Bertz CT molecular complexity index is 445. The summed E-state index contributed by atoms with van der Waals surface area (Å²) in [4.78, 5) is 20.3. The molecule has 0 radical (unpaired) electrons. The topological polar surface area (TPSA) is 110 Å². The Kier molecular flexibility index (Phi) is 5.06. The van der Waals surface area contributed by atoms with Gasteiger partial charge >= 0.3 is 5.97 Å². The Morgan fingerprint density at radius 3 is 2.72 bits per heavy atom. The molecule has 0 bridgehead atoms. The largest absolute Gasteiger partial charge is 0.493 e. The van der Waals surface area contributed by atoms with Crippen LogP contribution >= 0.6 is 0 Å². The van der Waals surface area contributed by atoms with E-state index in [-0.39, 0.29) is 31.1 Å². The quantitative estimate of drug-likeness (QED) is 0.432. The van der Waals surface area contributed by atoms with Crippen molar-refractivity contribution in [3.8, 4) is 5.75 Å². The fourth-order valence-corrected chi connectivity index (χ4v) is 1.33.